The van der Waals surface area contributed by atoms with Gasteiger partial charge in [-0.2, -0.15) is 0 Å². The second-order valence-electron chi connectivity index (χ2n) is 7.51. The van der Waals surface area contributed by atoms with Gasteiger partial charge in [0.2, 0.25) is 0 Å². The van der Waals surface area contributed by atoms with E-state index in [1.165, 1.54) is 0 Å². The lowest BCUT2D eigenvalue weighted by molar-refractivity contribution is 0.657. The van der Waals surface area contributed by atoms with Crippen LogP contribution in [0.5, 0.6) is 0 Å². The van der Waals surface area contributed by atoms with Gasteiger partial charge in [-0.05, 0) is 56.3 Å². The summed E-state index contributed by atoms with van der Waals surface area (Å²) >= 11 is 0. The van der Waals surface area contributed by atoms with E-state index in [4.69, 9.17) is 9.40 Å². The Hall–Kier alpha value is -3.86. The van der Waals surface area contributed by atoms with Crippen LogP contribution in [0.1, 0.15) is 13.8 Å². The van der Waals surface area contributed by atoms with Gasteiger partial charge in [0.15, 0.2) is 16.6 Å². The lowest BCUT2D eigenvalue weighted by Gasteiger charge is -2.21. The molecular weight excluding hydrogens is 386 g/mol. The van der Waals surface area contributed by atoms with Crippen LogP contribution in [0.15, 0.2) is 82.0 Å². The number of hydrogen-bond acceptors (Lipinski definition) is 5. The summed E-state index contributed by atoms with van der Waals surface area (Å²) in [6.45, 7) is 6.12. The third kappa shape index (κ3) is 3.48. The van der Waals surface area contributed by atoms with Crippen molar-refractivity contribution in [2.45, 2.75) is 13.8 Å². The van der Waals surface area contributed by atoms with Crippen LogP contribution in [0.25, 0.3) is 33.0 Å². The summed E-state index contributed by atoms with van der Waals surface area (Å²) in [5.41, 5.74) is 5.71. The molecule has 1 aromatic heterocycles. The van der Waals surface area contributed by atoms with Gasteiger partial charge in [-0.1, -0.05) is 18.2 Å². The molecule has 0 aliphatic carbocycles. The molecule has 5 aromatic rings. The van der Waals surface area contributed by atoms with E-state index in [0.29, 0.717) is 11.1 Å². The smallest absolute Gasteiger partial charge is 0.179 e. The van der Waals surface area contributed by atoms with Gasteiger partial charge in [-0.3, -0.25) is 4.79 Å². The van der Waals surface area contributed by atoms with Crippen molar-refractivity contribution >= 4 is 50.0 Å². The van der Waals surface area contributed by atoms with Crippen molar-refractivity contribution in [3.8, 4) is 0 Å². The maximum Gasteiger partial charge on any atom is 0.179 e. The van der Waals surface area contributed by atoms with E-state index >= 15 is 0 Å². The van der Waals surface area contributed by atoms with Crippen LogP contribution in [0.2, 0.25) is 0 Å². The van der Waals surface area contributed by atoms with Crippen LogP contribution in [0.3, 0.4) is 0 Å². The molecule has 5 heteroatoms. The van der Waals surface area contributed by atoms with Crippen LogP contribution in [0, 0.1) is 0 Å². The number of hydrogen-bond donors (Lipinski definition) is 1. The Morgan fingerprint density at radius 2 is 1.68 bits per heavy atom. The van der Waals surface area contributed by atoms with Crippen LogP contribution in [-0.4, -0.2) is 18.1 Å². The third-order valence-corrected chi connectivity index (χ3v) is 5.62. The molecule has 0 unspecified atom stereocenters. The Bertz CT molecular complexity index is 1450. The Morgan fingerprint density at radius 3 is 2.45 bits per heavy atom. The zero-order valence-corrected chi connectivity index (χ0v) is 17.6. The first-order valence-electron chi connectivity index (χ1n) is 10.5. The summed E-state index contributed by atoms with van der Waals surface area (Å²) in [6, 6.07) is 23.1. The zero-order valence-electron chi connectivity index (χ0n) is 17.6. The third-order valence-electron chi connectivity index (χ3n) is 5.62. The molecule has 0 saturated carbocycles. The molecule has 0 amide bonds. The van der Waals surface area contributed by atoms with Gasteiger partial charge in [-0.15, -0.1) is 0 Å². The summed E-state index contributed by atoms with van der Waals surface area (Å²) in [5.74, 6) is 0. The van der Waals surface area contributed by atoms with Crippen LogP contribution in [0.4, 0.5) is 17.1 Å². The predicted octanol–water partition coefficient (Wildman–Crippen LogP) is 6.08. The summed E-state index contributed by atoms with van der Waals surface area (Å²) in [6.07, 6.45) is 0. The van der Waals surface area contributed by atoms with Gasteiger partial charge in [-0.25, -0.2) is 4.98 Å². The van der Waals surface area contributed by atoms with Crippen molar-refractivity contribution in [2.75, 3.05) is 23.3 Å². The lowest BCUT2D eigenvalue weighted by Crippen LogP contribution is -2.21. The van der Waals surface area contributed by atoms with E-state index in [0.717, 1.165) is 52.0 Å². The molecule has 154 valence electrons. The normalized spacial score (nSPS) is 11.3. The summed E-state index contributed by atoms with van der Waals surface area (Å²) in [4.78, 5) is 19.3. The number of aromatic nitrogens is 1. The van der Waals surface area contributed by atoms with Crippen molar-refractivity contribution in [2.24, 2.45) is 0 Å². The van der Waals surface area contributed by atoms with Crippen LogP contribution in [-0.2, 0) is 0 Å². The Balaban J connectivity index is 1.76. The number of fused-ring (bicyclic) bond motifs is 4. The largest absolute Gasteiger partial charge is 0.453 e. The highest BCUT2D eigenvalue weighted by Gasteiger charge is 2.13. The molecule has 0 atom stereocenters. The number of anilines is 3. The summed E-state index contributed by atoms with van der Waals surface area (Å²) in [7, 11) is 0. The Labute approximate surface area is 179 Å². The van der Waals surface area contributed by atoms with Crippen molar-refractivity contribution in [1.29, 1.82) is 0 Å². The van der Waals surface area contributed by atoms with Gasteiger partial charge in [0.05, 0.1) is 5.69 Å². The number of rotatable bonds is 5. The van der Waals surface area contributed by atoms with Crippen LogP contribution >= 0.6 is 0 Å². The Kier molecular flexibility index (Phi) is 4.79. The minimum absolute atomic E-state index is 0.0514. The van der Waals surface area contributed by atoms with Crippen molar-refractivity contribution in [1.82, 2.24) is 4.98 Å². The minimum atomic E-state index is -0.0514. The molecule has 5 rings (SSSR count). The molecular formula is C26H23N3O2. The molecule has 31 heavy (non-hydrogen) atoms. The average Bonchev–Trinajstić information content (AvgIpc) is 2.79. The van der Waals surface area contributed by atoms with E-state index in [9.17, 15) is 4.79 Å². The van der Waals surface area contributed by atoms with Crippen molar-refractivity contribution in [3.05, 3.63) is 83.0 Å². The molecule has 0 aliphatic heterocycles. The second-order valence-corrected chi connectivity index (χ2v) is 7.51. The number of para-hydroxylation sites is 1. The highest BCUT2D eigenvalue weighted by molar-refractivity contribution is 6.11. The first-order chi connectivity index (χ1) is 15.2. The van der Waals surface area contributed by atoms with Gasteiger partial charge in [0.1, 0.15) is 11.0 Å². The first kappa shape index (κ1) is 19.1. The predicted molar refractivity (Wildman–Crippen MR) is 129 cm³/mol. The highest BCUT2D eigenvalue weighted by atomic mass is 16.3. The van der Waals surface area contributed by atoms with E-state index in [-0.39, 0.29) is 5.43 Å². The number of nitrogens with one attached hydrogen (secondary N) is 1. The monoisotopic (exact) mass is 409 g/mol. The van der Waals surface area contributed by atoms with Gasteiger partial charge >= 0.3 is 0 Å². The summed E-state index contributed by atoms with van der Waals surface area (Å²) < 4.78 is 6.32. The molecule has 0 bridgehead atoms. The second kappa shape index (κ2) is 7.76. The van der Waals surface area contributed by atoms with Crippen LogP contribution < -0.4 is 15.6 Å². The highest BCUT2D eigenvalue weighted by Crippen LogP contribution is 2.34. The average molecular weight is 409 g/mol. The van der Waals surface area contributed by atoms with Gasteiger partial charge in [0.25, 0.3) is 0 Å². The molecule has 0 aliphatic rings. The van der Waals surface area contributed by atoms with E-state index in [2.05, 4.69) is 30.1 Å². The zero-order chi connectivity index (χ0) is 21.4. The van der Waals surface area contributed by atoms with Crippen molar-refractivity contribution in [3.63, 3.8) is 0 Å². The van der Waals surface area contributed by atoms with Crippen molar-refractivity contribution < 1.29 is 4.42 Å². The molecule has 1 heterocycles. The minimum Gasteiger partial charge on any atom is -0.453 e. The maximum atomic E-state index is 12.2. The SMILES string of the molecule is CCN(CC)c1ccc2nc3c(cc(Nc4ccccc4)c4ccc(=O)cc43)oc2c1. The van der Waals surface area contributed by atoms with Gasteiger partial charge in [0, 0.05) is 47.4 Å². The standard InChI is InChI=1S/C26H23N3O2/c1-3-29(4-2)18-10-13-22-24(14-18)31-25-16-23(27-17-8-6-5-7-9-17)20-12-11-19(30)15-21(20)26(25)28-22/h5-16,27H,3-4H2,1-2H3. The van der Waals surface area contributed by atoms with E-state index in [1.54, 1.807) is 12.1 Å². The fraction of sp³-hybridized carbons (Fsp3) is 0.154. The lowest BCUT2D eigenvalue weighted by atomic mass is 10.1. The number of benzene rings is 4. The molecule has 0 fully saturated rings. The topological polar surface area (TPSA) is 58.4 Å². The molecule has 0 spiro atoms. The number of nitrogens with zero attached hydrogens (tertiary/aromatic N) is 2. The van der Waals surface area contributed by atoms with E-state index in [1.807, 2.05) is 54.6 Å². The Morgan fingerprint density at radius 1 is 0.871 bits per heavy atom. The summed E-state index contributed by atoms with van der Waals surface area (Å²) in [5, 5.41) is 5.16. The molecule has 0 saturated heterocycles. The molecule has 0 radical (unpaired) electrons. The molecule has 5 nitrogen and oxygen atoms in total. The van der Waals surface area contributed by atoms with E-state index < -0.39 is 0 Å². The van der Waals surface area contributed by atoms with Gasteiger partial charge < -0.3 is 14.6 Å². The quantitative estimate of drug-likeness (QED) is 0.281. The fourth-order valence-corrected chi connectivity index (χ4v) is 4.04. The first-order valence-corrected chi connectivity index (χ1v) is 10.5. The molecule has 1 N–H and O–H groups in total. The maximum absolute atomic E-state index is 12.2. The molecule has 4 aromatic carbocycles. The fourth-order valence-electron chi connectivity index (χ4n) is 4.04.